The third-order valence-electron chi connectivity index (χ3n) is 3.32. The fourth-order valence-corrected chi connectivity index (χ4v) is 3.56. The number of aryl methyl sites for hydroxylation is 1. The Hall–Kier alpha value is -0.670. The van der Waals surface area contributed by atoms with E-state index in [0.29, 0.717) is 11.3 Å². The summed E-state index contributed by atoms with van der Waals surface area (Å²) in [6, 6.07) is 6.57. The van der Waals surface area contributed by atoms with Crippen molar-refractivity contribution in [2.24, 2.45) is 5.73 Å². The van der Waals surface area contributed by atoms with E-state index in [1.54, 1.807) is 0 Å². The summed E-state index contributed by atoms with van der Waals surface area (Å²) in [5.74, 6) is 0. The van der Waals surface area contributed by atoms with Crippen LogP contribution in [0.25, 0.3) is 0 Å². The Balaban J connectivity index is 2.10. The summed E-state index contributed by atoms with van der Waals surface area (Å²) in [5, 5.41) is 0.540. The molecule has 0 amide bonds. The highest BCUT2D eigenvalue weighted by molar-refractivity contribution is 8.00. The fourth-order valence-electron chi connectivity index (χ4n) is 2.19. The Morgan fingerprint density at radius 1 is 1.25 bits per heavy atom. The number of nitrogen functional groups attached to an aromatic ring is 1. The van der Waals surface area contributed by atoms with Crippen molar-refractivity contribution >= 4 is 17.4 Å². The number of para-hydroxylation sites is 1. The van der Waals surface area contributed by atoms with Gasteiger partial charge in [-0.05, 0) is 31.4 Å². The average molecular weight is 236 g/mol. The van der Waals surface area contributed by atoms with Crippen molar-refractivity contribution in [2.75, 3.05) is 5.73 Å². The highest BCUT2D eigenvalue weighted by Gasteiger charge is 2.23. The van der Waals surface area contributed by atoms with E-state index in [2.05, 4.69) is 25.1 Å². The van der Waals surface area contributed by atoms with Gasteiger partial charge in [0.15, 0.2) is 0 Å². The van der Waals surface area contributed by atoms with Crippen molar-refractivity contribution in [1.29, 1.82) is 0 Å². The van der Waals surface area contributed by atoms with E-state index in [1.165, 1.54) is 24.2 Å². The molecule has 0 spiro atoms. The fraction of sp³-hybridized carbons (Fsp3) is 0.538. The first kappa shape index (κ1) is 11.8. The molecule has 2 rings (SSSR count). The molecule has 16 heavy (non-hydrogen) atoms. The van der Waals surface area contributed by atoms with Gasteiger partial charge in [-0.15, -0.1) is 11.8 Å². The minimum Gasteiger partial charge on any atom is -0.398 e. The topological polar surface area (TPSA) is 52.0 Å². The molecule has 1 aromatic rings. The molecule has 0 aliphatic heterocycles. The van der Waals surface area contributed by atoms with Crippen LogP contribution in [0.5, 0.6) is 0 Å². The summed E-state index contributed by atoms with van der Waals surface area (Å²) in [6.45, 7) is 2.06. The molecule has 3 heteroatoms. The van der Waals surface area contributed by atoms with Gasteiger partial charge in [-0.1, -0.05) is 25.0 Å². The molecule has 2 atom stereocenters. The number of benzene rings is 1. The first-order valence-corrected chi connectivity index (χ1v) is 6.84. The maximum Gasteiger partial charge on any atom is 0.0482 e. The number of hydrogen-bond acceptors (Lipinski definition) is 3. The summed E-state index contributed by atoms with van der Waals surface area (Å²) in [7, 11) is 0. The van der Waals surface area contributed by atoms with Gasteiger partial charge in [0.2, 0.25) is 0 Å². The van der Waals surface area contributed by atoms with Crippen molar-refractivity contribution in [3.05, 3.63) is 23.8 Å². The largest absolute Gasteiger partial charge is 0.398 e. The molecule has 0 aromatic heterocycles. The lowest BCUT2D eigenvalue weighted by Gasteiger charge is -2.28. The van der Waals surface area contributed by atoms with Crippen molar-refractivity contribution in [3.63, 3.8) is 0 Å². The van der Waals surface area contributed by atoms with Gasteiger partial charge in [0, 0.05) is 21.9 Å². The number of rotatable bonds is 2. The SMILES string of the molecule is Cc1cccc(SC2CCCCC2N)c1N. The van der Waals surface area contributed by atoms with Crippen LogP contribution in [0.4, 0.5) is 5.69 Å². The minimum absolute atomic E-state index is 0.332. The van der Waals surface area contributed by atoms with Gasteiger partial charge in [-0.2, -0.15) is 0 Å². The van der Waals surface area contributed by atoms with Crippen LogP contribution in [0, 0.1) is 6.92 Å². The molecular formula is C13H20N2S. The van der Waals surface area contributed by atoms with Crippen LogP contribution >= 0.6 is 11.8 Å². The Labute approximate surface area is 102 Å². The second-order valence-corrected chi connectivity index (χ2v) is 5.87. The molecule has 0 heterocycles. The summed E-state index contributed by atoms with van der Waals surface area (Å²) >= 11 is 1.86. The van der Waals surface area contributed by atoms with Gasteiger partial charge >= 0.3 is 0 Å². The summed E-state index contributed by atoms with van der Waals surface area (Å²) in [4.78, 5) is 1.20. The zero-order valence-corrected chi connectivity index (χ0v) is 10.6. The first-order valence-electron chi connectivity index (χ1n) is 5.96. The summed E-state index contributed by atoms with van der Waals surface area (Å²) in [5.41, 5.74) is 14.3. The number of hydrogen-bond donors (Lipinski definition) is 2. The standard InChI is InChI=1S/C13H20N2S/c1-9-5-4-8-12(13(9)15)16-11-7-3-2-6-10(11)14/h4-5,8,10-11H,2-3,6-7,14-15H2,1H3. The highest BCUT2D eigenvalue weighted by Crippen LogP contribution is 2.36. The molecule has 1 aromatic carbocycles. The van der Waals surface area contributed by atoms with Gasteiger partial charge in [0.25, 0.3) is 0 Å². The van der Waals surface area contributed by atoms with Gasteiger partial charge < -0.3 is 11.5 Å². The smallest absolute Gasteiger partial charge is 0.0482 e. The maximum absolute atomic E-state index is 6.15. The Morgan fingerprint density at radius 3 is 2.75 bits per heavy atom. The van der Waals surface area contributed by atoms with Crippen LogP contribution < -0.4 is 11.5 Å². The summed E-state index contributed by atoms with van der Waals surface area (Å²) < 4.78 is 0. The third-order valence-corrected chi connectivity index (χ3v) is 4.81. The van der Waals surface area contributed by atoms with Crippen LogP contribution in [0.3, 0.4) is 0 Å². The molecular weight excluding hydrogens is 216 g/mol. The molecule has 1 aliphatic rings. The average Bonchev–Trinajstić information content (AvgIpc) is 2.28. The Morgan fingerprint density at radius 2 is 2.00 bits per heavy atom. The van der Waals surface area contributed by atoms with E-state index >= 15 is 0 Å². The van der Waals surface area contributed by atoms with Crippen molar-refractivity contribution in [3.8, 4) is 0 Å². The van der Waals surface area contributed by atoms with Crippen molar-refractivity contribution in [2.45, 2.75) is 48.8 Å². The number of anilines is 1. The molecule has 88 valence electrons. The molecule has 0 bridgehead atoms. The van der Waals surface area contributed by atoms with E-state index < -0.39 is 0 Å². The van der Waals surface area contributed by atoms with E-state index in [4.69, 9.17) is 11.5 Å². The van der Waals surface area contributed by atoms with E-state index in [-0.39, 0.29) is 0 Å². The molecule has 4 N–H and O–H groups in total. The molecule has 1 saturated carbocycles. The Bertz CT molecular complexity index is 365. The second kappa shape index (κ2) is 5.11. The van der Waals surface area contributed by atoms with Crippen LogP contribution in [0.15, 0.2) is 23.1 Å². The molecule has 1 aliphatic carbocycles. The van der Waals surface area contributed by atoms with Crippen molar-refractivity contribution in [1.82, 2.24) is 0 Å². The van der Waals surface area contributed by atoms with Crippen molar-refractivity contribution < 1.29 is 0 Å². The lowest BCUT2D eigenvalue weighted by Crippen LogP contribution is -2.35. The van der Waals surface area contributed by atoms with Crippen LogP contribution in [0.2, 0.25) is 0 Å². The molecule has 2 nitrogen and oxygen atoms in total. The van der Waals surface area contributed by atoms with Crippen LogP contribution in [-0.4, -0.2) is 11.3 Å². The monoisotopic (exact) mass is 236 g/mol. The quantitative estimate of drug-likeness (QED) is 0.776. The third kappa shape index (κ3) is 2.53. The maximum atomic E-state index is 6.15. The summed E-state index contributed by atoms with van der Waals surface area (Å²) in [6.07, 6.45) is 4.96. The predicted octanol–water partition coefficient (Wildman–Crippen LogP) is 2.94. The van der Waals surface area contributed by atoms with E-state index in [1.807, 2.05) is 11.8 Å². The van der Waals surface area contributed by atoms with E-state index in [0.717, 1.165) is 17.7 Å². The lowest BCUT2D eigenvalue weighted by molar-refractivity contribution is 0.453. The molecule has 2 unspecified atom stereocenters. The van der Waals surface area contributed by atoms with E-state index in [9.17, 15) is 0 Å². The highest BCUT2D eigenvalue weighted by atomic mass is 32.2. The normalized spacial score (nSPS) is 25.6. The molecule has 0 radical (unpaired) electrons. The predicted molar refractivity (Wildman–Crippen MR) is 71.7 cm³/mol. The zero-order valence-electron chi connectivity index (χ0n) is 9.78. The van der Waals surface area contributed by atoms with Gasteiger partial charge in [0.1, 0.15) is 0 Å². The van der Waals surface area contributed by atoms with Crippen LogP contribution in [-0.2, 0) is 0 Å². The Kier molecular flexibility index (Phi) is 3.77. The van der Waals surface area contributed by atoms with Gasteiger partial charge in [-0.25, -0.2) is 0 Å². The molecule has 1 fully saturated rings. The van der Waals surface area contributed by atoms with Crippen LogP contribution in [0.1, 0.15) is 31.2 Å². The lowest BCUT2D eigenvalue weighted by atomic mass is 9.96. The second-order valence-electron chi connectivity index (χ2n) is 4.59. The number of nitrogens with two attached hydrogens (primary N) is 2. The first-order chi connectivity index (χ1) is 7.68. The van der Waals surface area contributed by atoms with Gasteiger partial charge in [0.05, 0.1) is 0 Å². The van der Waals surface area contributed by atoms with Gasteiger partial charge in [-0.3, -0.25) is 0 Å². The number of thioether (sulfide) groups is 1. The zero-order chi connectivity index (χ0) is 11.5. The molecule has 0 saturated heterocycles. The minimum atomic E-state index is 0.332.